The second-order valence-electron chi connectivity index (χ2n) is 10.7. The first kappa shape index (κ1) is 29.4. The fraction of sp³-hybridized carbons (Fsp3) is 0.529. The third kappa shape index (κ3) is 8.99. The third-order valence-electron chi connectivity index (χ3n) is 7.55. The highest BCUT2D eigenvalue weighted by molar-refractivity contribution is 8.05. The van der Waals surface area contributed by atoms with Crippen LogP contribution >= 0.6 is 11.8 Å². The Balaban J connectivity index is 1.56. The zero-order valence-corrected chi connectivity index (χ0v) is 24.1. The van der Waals surface area contributed by atoms with Gasteiger partial charge in [0, 0.05) is 16.0 Å². The lowest BCUT2D eigenvalue weighted by atomic mass is 9.88. The molecule has 0 aliphatic carbocycles. The Hall–Kier alpha value is -2.13. The summed E-state index contributed by atoms with van der Waals surface area (Å²) in [5.74, 6) is 0.667. The van der Waals surface area contributed by atoms with Crippen LogP contribution in [0.1, 0.15) is 148 Å². The van der Waals surface area contributed by atoms with E-state index in [0.29, 0.717) is 11.5 Å². The molecule has 0 fully saturated rings. The van der Waals surface area contributed by atoms with Gasteiger partial charge in [0.15, 0.2) is 5.78 Å². The number of carbonyl (C=O) groups excluding carboxylic acids is 2. The van der Waals surface area contributed by atoms with Crippen molar-refractivity contribution in [3.05, 3.63) is 69.6 Å². The van der Waals surface area contributed by atoms with Gasteiger partial charge in [-0.25, -0.2) is 0 Å². The molecular weight excluding hydrogens is 472 g/mol. The van der Waals surface area contributed by atoms with Crippen LogP contribution in [-0.2, 0) is 0 Å². The standard InChI is InChI=1S/C34H46O2S/c1-4-6-7-8-9-10-11-12-13-14-15-20-28(18-5-2)30-22-17-23-31-33(36)32(37-34(30)31)25-27-19-16-21-29(24-27)26(3)35/h16-17,19,21-25,28H,4-15,18,20H2,1-3H3. The minimum absolute atomic E-state index is 0.0426. The van der Waals surface area contributed by atoms with E-state index in [1.54, 1.807) is 18.7 Å². The summed E-state index contributed by atoms with van der Waals surface area (Å²) in [4.78, 5) is 27.0. The summed E-state index contributed by atoms with van der Waals surface area (Å²) in [6.45, 7) is 6.12. The van der Waals surface area contributed by atoms with Crippen molar-refractivity contribution >= 4 is 29.4 Å². The smallest absolute Gasteiger partial charge is 0.200 e. The summed E-state index contributed by atoms with van der Waals surface area (Å²) in [5, 5.41) is 0. The molecule has 1 heterocycles. The van der Waals surface area contributed by atoms with Gasteiger partial charge in [-0.05, 0) is 55.0 Å². The number of allylic oxidation sites excluding steroid dienone is 1. The molecule has 2 aromatic rings. The van der Waals surface area contributed by atoms with Gasteiger partial charge in [0.25, 0.3) is 0 Å². The van der Waals surface area contributed by atoms with E-state index in [-0.39, 0.29) is 11.6 Å². The highest BCUT2D eigenvalue weighted by Gasteiger charge is 2.30. The first-order valence-corrected chi connectivity index (χ1v) is 15.5. The van der Waals surface area contributed by atoms with Crippen LogP contribution in [0, 0.1) is 0 Å². The van der Waals surface area contributed by atoms with Crippen LogP contribution in [0.25, 0.3) is 6.08 Å². The lowest BCUT2D eigenvalue weighted by molar-refractivity contribution is 0.101. The molecule has 0 N–H and O–H groups in total. The van der Waals surface area contributed by atoms with Crippen LogP contribution in [0.3, 0.4) is 0 Å². The monoisotopic (exact) mass is 518 g/mol. The average molecular weight is 519 g/mol. The molecule has 2 nitrogen and oxygen atoms in total. The molecule has 37 heavy (non-hydrogen) atoms. The van der Waals surface area contributed by atoms with E-state index in [4.69, 9.17) is 0 Å². The number of hydrogen-bond acceptors (Lipinski definition) is 3. The second kappa shape index (κ2) is 16.0. The molecule has 0 saturated carbocycles. The normalized spacial score (nSPS) is 14.8. The summed E-state index contributed by atoms with van der Waals surface area (Å²) >= 11 is 1.62. The second-order valence-corrected chi connectivity index (χ2v) is 11.7. The Morgan fingerprint density at radius 2 is 1.46 bits per heavy atom. The Morgan fingerprint density at radius 3 is 2.11 bits per heavy atom. The van der Waals surface area contributed by atoms with E-state index < -0.39 is 0 Å². The van der Waals surface area contributed by atoms with Gasteiger partial charge in [-0.1, -0.05) is 133 Å². The van der Waals surface area contributed by atoms with Gasteiger partial charge < -0.3 is 0 Å². The molecule has 0 amide bonds. The summed E-state index contributed by atoms with van der Waals surface area (Å²) in [6.07, 6.45) is 20.5. The summed E-state index contributed by atoms with van der Waals surface area (Å²) in [5.41, 5.74) is 3.78. The van der Waals surface area contributed by atoms with Gasteiger partial charge in [-0.3, -0.25) is 9.59 Å². The number of hydrogen-bond donors (Lipinski definition) is 0. The first-order valence-electron chi connectivity index (χ1n) is 14.7. The van der Waals surface area contributed by atoms with E-state index in [2.05, 4.69) is 26.0 Å². The van der Waals surface area contributed by atoms with Crippen molar-refractivity contribution in [1.82, 2.24) is 0 Å². The zero-order chi connectivity index (χ0) is 26.5. The van der Waals surface area contributed by atoms with Gasteiger partial charge in [-0.15, -0.1) is 0 Å². The van der Waals surface area contributed by atoms with E-state index in [9.17, 15) is 9.59 Å². The van der Waals surface area contributed by atoms with Crippen molar-refractivity contribution in [2.24, 2.45) is 0 Å². The minimum atomic E-state index is 0.0426. The highest BCUT2D eigenvalue weighted by Crippen LogP contribution is 2.46. The molecule has 1 aliphatic heterocycles. The van der Waals surface area contributed by atoms with E-state index in [0.717, 1.165) is 27.3 Å². The summed E-state index contributed by atoms with van der Waals surface area (Å²) in [7, 11) is 0. The van der Waals surface area contributed by atoms with Crippen molar-refractivity contribution < 1.29 is 9.59 Å². The molecule has 2 aromatic carbocycles. The Morgan fingerprint density at radius 1 is 0.811 bits per heavy atom. The molecule has 3 heteroatoms. The van der Waals surface area contributed by atoms with Crippen molar-refractivity contribution in [3.63, 3.8) is 0 Å². The predicted octanol–water partition coefficient (Wildman–Crippen LogP) is 10.8. The molecule has 1 unspecified atom stereocenters. The minimum Gasteiger partial charge on any atom is -0.295 e. The topological polar surface area (TPSA) is 34.1 Å². The number of thioether (sulfide) groups is 1. The van der Waals surface area contributed by atoms with Gasteiger partial charge in [0.05, 0.1) is 4.91 Å². The molecule has 0 bridgehead atoms. The average Bonchev–Trinajstić information content (AvgIpc) is 3.22. The maximum atomic E-state index is 13.3. The summed E-state index contributed by atoms with van der Waals surface area (Å²) in [6, 6.07) is 13.8. The van der Waals surface area contributed by atoms with Crippen LogP contribution in [0.4, 0.5) is 0 Å². The van der Waals surface area contributed by atoms with Gasteiger partial charge in [-0.2, -0.15) is 0 Å². The third-order valence-corrected chi connectivity index (χ3v) is 8.73. The first-order chi connectivity index (χ1) is 18.0. The van der Waals surface area contributed by atoms with Crippen LogP contribution in [0.15, 0.2) is 52.3 Å². The molecule has 0 radical (unpaired) electrons. The molecule has 3 rings (SSSR count). The Labute approximate surface area is 229 Å². The predicted molar refractivity (Wildman–Crippen MR) is 160 cm³/mol. The van der Waals surface area contributed by atoms with Crippen molar-refractivity contribution in [3.8, 4) is 0 Å². The van der Waals surface area contributed by atoms with Crippen LogP contribution in [-0.4, -0.2) is 11.6 Å². The van der Waals surface area contributed by atoms with Gasteiger partial charge in [0.1, 0.15) is 0 Å². The van der Waals surface area contributed by atoms with Gasteiger partial charge >= 0.3 is 0 Å². The van der Waals surface area contributed by atoms with Crippen LogP contribution in [0.5, 0.6) is 0 Å². The van der Waals surface area contributed by atoms with Crippen molar-refractivity contribution in [1.29, 1.82) is 0 Å². The number of fused-ring (bicyclic) bond motifs is 1. The number of carbonyl (C=O) groups is 2. The van der Waals surface area contributed by atoms with E-state index in [1.165, 1.54) is 89.0 Å². The van der Waals surface area contributed by atoms with Crippen LogP contribution < -0.4 is 0 Å². The van der Waals surface area contributed by atoms with Crippen LogP contribution in [0.2, 0.25) is 0 Å². The molecular formula is C34H46O2S. The highest BCUT2D eigenvalue weighted by atomic mass is 32.2. The van der Waals surface area contributed by atoms with E-state index in [1.807, 2.05) is 36.4 Å². The molecule has 1 aliphatic rings. The van der Waals surface area contributed by atoms with Crippen molar-refractivity contribution in [2.45, 2.75) is 121 Å². The number of unbranched alkanes of at least 4 members (excludes halogenated alkanes) is 10. The van der Waals surface area contributed by atoms with Crippen molar-refractivity contribution in [2.75, 3.05) is 0 Å². The molecule has 0 aromatic heterocycles. The largest absolute Gasteiger partial charge is 0.295 e. The molecule has 200 valence electrons. The van der Waals surface area contributed by atoms with Gasteiger partial charge in [0.2, 0.25) is 5.78 Å². The number of Topliss-reactive ketones (excluding diaryl/α,β-unsaturated/α-hetero) is 2. The Bertz CT molecular complexity index is 1050. The molecule has 1 atom stereocenters. The lowest BCUT2D eigenvalue weighted by Crippen LogP contribution is -2.02. The summed E-state index contributed by atoms with van der Waals surface area (Å²) < 4.78 is 0. The fourth-order valence-corrected chi connectivity index (χ4v) is 6.65. The number of rotatable bonds is 17. The lowest BCUT2D eigenvalue weighted by Gasteiger charge is -2.19. The SMILES string of the molecule is CCCCCCCCCCCCCC(CCC)c1cccc2c1SC(=Cc1cccc(C(C)=O)c1)C2=O. The maximum Gasteiger partial charge on any atom is 0.200 e. The number of benzene rings is 2. The molecule has 0 saturated heterocycles. The fourth-order valence-electron chi connectivity index (χ4n) is 5.41. The quantitative estimate of drug-likeness (QED) is 0.119. The Kier molecular flexibility index (Phi) is 12.7. The number of ketones is 2. The van der Waals surface area contributed by atoms with E-state index >= 15 is 0 Å². The zero-order valence-electron chi connectivity index (χ0n) is 23.3. The molecule has 0 spiro atoms. The maximum absolute atomic E-state index is 13.3.